The number of rotatable bonds is 5. The van der Waals surface area contributed by atoms with Gasteiger partial charge in [-0.2, -0.15) is 0 Å². The van der Waals surface area contributed by atoms with Crippen LogP contribution < -0.4 is 10.1 Å². The minimum Gasteiger partial charge on any atom is -0.497 e. The van der Waals surface area contributed by atoms with Crippen LogP contribution >= 0.6 is 15.9 Å². The zero-order valence-corrected chi connectivity index (χ0v) is 13.1. The number of halogens is 2. The first-order chi connectivity index (χ1) is 9.60. The lowest BCUT2D eigenvalue weighted by Gasteiger charge is -2.15. The van der Waals surface area contributed by atoms with Crippen molar-refractivity contribution in [3.8, 4) is 5.75 Å². The normalized spacial score (nSPS) is 12.2. The zero-order chi connectivity index (χ0) is 14.5. The van der Waals surface area contributed by atoms with E-state index in [-0.39, 0.29) is 11.9 Å². The molecule has 0 saturated carbocycles. The van der Waals surface area contributed by atoms with E-state index in [0.717, 1.165) is 23.4 Å². The molecule has 20 heavy (non-hydrogen) atoms. The summed E-state index contributed by atoms with van der Waals surface area (Å²) in [6.45, 7) is 2.78. The van der Waals surface area contributed by atoms with Crippen molar-refractivity contribution in [1.82, 2.24) is 5.32 Å². The second-order valence-corrected chi connectivity index (χ2v) is 5.48. The second kappa shape index (κ2) is 6.86. The highest BCUT2D eigenvalue weighted by atomic mass is 79.9. The minimum absolute atomic E-state index is 0.137. The highest BCUT2D eigenvalue weighted by Gasteiger charge is 2.08. The van der Waals surface area contributed by atoms with Gasteiger partial charge in [0.1, 0.15) is 11.6 Å². The number of hydrogen-bond donors (Lipinski definition) is 1. The van der Waals surface area contributed by atoms with Gasteiger partial charge in [0, 0.05) is 12.6 Å². The van der Waals surface area contributed by atoms with Gasteiger partial charge in [-0.1, -0.05) is 18.2 Å². The van der Waals surface area contributed by atoms with Crippen molar-refractivity contribution >= 4 is 15.9 Å². The number of nitrogens with one attached hydrogen (secondary N) is 1. The van der Waals surface area contributed by atoms with E-state index in [9.17, 15) is 4.39 Å². The van der Waals surface area contributed by atoms with Crippen LogP contribution in [0.2, 0.25) is 0 Å². The van der Waals surface area contributed by atoms with Gasteiger partial charge in [0.25, 0.3) is 0 Å². The molecule has 0 radical (unpaired) electrons. The zero-order valence-electron chi connectivity index (χ0n) is 11.5. The summed E-state index contributed by atoms with van der Waals surface area (Å²) < 4.78 is 18.9. The molecule has 1 N–H and O–H groups in total. The molecular weight excluding hydrogens is 321 g/mol. The lowest BCUT2D eigenvalue weighted by molar-refractivity contribution is 0.414. The third-order valence-electron chi connectivity index (χ3n) is 3.19. The molecule has 2 nitrogen and oxygen atoms in total. The van der Waals surface area contributed by atoms with Crippen LogP contribution in [-0.4, -0.2) is 7.11 Å². The Bertz CT molecular complexity index is 588. The Labute approximate surface area is 127 Å². The monoisotopic (exact) mass is 337 g/mol. The first-order valence-corrected chi connectivity index (χ1v) is 7.20. The predicted octanol–water partition coefficient (Wildman–Crippen LogP) is 4.45. The van der Waals surface area contributed by atoms with E-state index in [1.165, 1.54) is 6.07 Å². The highest BCUT2D eigenvalue weighted by Crippen LogP contribution is 2.21. The first-order valence-electron chi connectivity index (χ1n) is 6.41. The van der Waals surface area contributed by atoms with Crippen LogP contribution in [0.3, 0.4) is 0 Å². The Morgan fingerprint density at radius 1 is 1.25 bits per heavy atom. The van der Waals surface area contributed by atoms with E-state index >= 15 is 0 Å². The van der Waals surface area contributed by atoms with Gasteiger partial charge in [-0.15, -0.1) is 0 Å². The van der Waals surface area contributed by atoms with Gasteiger partial charge in [0.2, 0.25) is 0 Å². The average Bonchev–Trinajstić information content (AvgIpc) is 2.47. The van der Waals surface area contributed by atoms with E-state index in [4.69, 9.17) is 4.74 Å². The molecule has 0 aliphatic rings. The van der Waals surface area contributed by atoms with Crippen LogP contribution in [0.25, 0.3) is 0 Å². The van der Waals surface area contributed by atoms with E-state index in [0.29, 0.717) is 4.47 Å². The van der Waals surface area contributed by atoms with Crippen molar-refractivity contribution in [3.63, 3.8) is 0 Å². The van der Waals surface area contributed by atoms with Crippen LogP contribution in [-0.2, 0) is 6.54 Å². The molecule has 0 aliphatic heterocycles. The van der Waals surface area contributed by atoms with Gasteiger partial charge in [-0.25, -0.2) is 4.39 Å². The highest BCUT2D eigenvalue weighted by molar-refractivity contribution is 9.10. The Morgan fingerprint density at radius 3 is 2.75 bits per heavy atom. The molecule has 2 rings (SSSR count). The molecule has 0 aromatic heterocycles. The molecule has 106 valence electrons. The van der Waals surface area contributed by atoms with E-state index in [2.05, 4.69) is 28.2 Å². The Kier molecular flexibility index (Phi) is 5.15. The van der Waals surface area contributed by atoms with Crippen LogP contribution in [0, 0.1) is 5.82 Å². The molecular formula is C16H17BrFNO. The number of methoxy groups -OCH3 is 1. The molecule has 0 bridgehead atoms. The SMILES string of the molecule is COc1cccc(CNC(C)c2ccc(F)c(Br)c2)c1. The summed E-state index contributed by atoms with van der Waals surface area (Å²) in [6.07, 6.45) is 0. The Hall–Kier alpha value is -1.39. The van der Waals surface area contributed by atoms with Crippen molar-refractivity contribution < 1.29 is 9.13 Å². The molecule has 0 amide bonds. The van der Waals surface area contributed by atoms with Crippen LogP contribution in [0.15, 0.2) is 46.9 Å². The molecule has 0 saturated heterocycles. The van der Waals surface area contributed by atoms with Gasteiger partial charge < -0.3 is 10.1 Å². The third-order valence-corrected chi connectivity index (χ3v) is 3.80. The van der Waals surface area contributed by atoms with Gasteiger partial charge in [-0.3, -0.25) is 0 Å². The van der Waals surface area contributed by atoms with Crippen molar-refractivity contribution in [2.45, 2.75) is 19.5 Å². The topological polar surface area (TPSA) is 21.3 Å². The molecule has 0 spiro atoms. The van der Waals surface area contributed by atoms with Crippen molar-refractivity contribution in [2.24, 2.45) is 0 Å². The smallest absolute Gasteiger partial charge is 0.137 e. The van der Waals surface area contributed by atoms with E-state index in [1.54, 1.807) is 19.2 Å². The maximum Gasteiger partial charge on any atom is 0.137 e. The number of hydrogen-bond acceptors (Lipinski definition) is 2. The lowest BCUT2D eigenvalue weighted by atomic mass is 10.1. The fraction of sp³-hybridized carbons (Fsp3) is 0.250. The summed E-state index contributed by atoms with van der Waals surface area (Å²) in [5, 5.41) is 3.41. The van der Waals surface area contributed by atoms with Gasteiger partial charge in [-0.05, 0) is 58.2 Å². The van der Waals surface area contributed by atoms with Crippen LogP contribution in [0.1, 0.15) is 24.1 Å². The molecule has 2 aromatic rings. The summed E-state index contributed by atoms with van der Waals surface area (Å²) in [5.74, 6) is 0.607. The number of ether oxygens (including phenoxy) is 1. The molecule has 0 aliphatic carbocycles. The predicted molar refractivity (Wildman–Crippen MR) is 82.3 cm³/mol. The summed E-state index contributed by atoms with van der Waals surface area (Å²) in [5.41, 5.74) is 2.19. The fourth-order valence-corrected chi connectivity index (χ4v) is 2.35. The third kappa shape index (κ3) is 3.81. The quantitative estimate of drug-likeness (QED) is 0.870. The first kappa shape index (κ1) is 15.0. The van der Waals surface area contributed by atoms with Gasteiger partial charge in [0.15, 0.2) is 0 Å². The standard InChI is InChI=1S/C16H17BrFNO/c1-11(13-6-7-16(18)15(17)9-13)19-10-12-4-3-5-14(8-12)20-2/h3-9,11,19H,10H2,1-2H3. The molecule has 4 heteroatoms. The van der Waals surface area contributed by atoms with Crippen LogP contribution in [0.4, 0.5) is 4.39 Å². The van der Waals surface area contributed by atoms with Gasteiger partial charge in [0.05, 0.1) is 11.6 Å². The van der Waals surface area contributed by atoms with Gasteiger partial charge >= 0.3 is 0 Å². The molecule has 2 aromatic carbocycles. The Morgan fingerprint density at radius 2 is 2.05 bits per heavy atom. The molecule has 0 heterocycles. The summed E-state index contributed by atoms with van der Waals surface area (Å²) in [4.78, 5) is 0. The maximum absolute atomic E-state index is 13.2. The average molecular weight is 338 g/mol. The van der Waals surface area contributed by atoms with E-state index in [1.807, 2.05) is 24.3 Å². The summed E-state index contributed by atoms with van der Waals surface area (Å²) in [7, 11) is 1.66. The fourth-order valence-electron chi connectivity index (χ4n) is 1.95. The maximum atomic E-state index is 13.2. The van der Waals surface area contributed by atoms with E-state index < -0.39 is 0 Å². The summed E-state index contributed by atoms with van der Waals surface area (Å²) in [6, 6.07) is 13.1. The Balaban J connectivity index is 2.00. The van der Waals surface area contributed by atoms with Crippen molar-refractivity contribution in [1.29, 1.82) is 0 Å². The van der Waals surface area contributed by atoms with Crippen molar-refractivity contribution in [3.05, 3.63) is 63.9 Å². The van der Waals surface area contributed by atoms with Crippen LogP contribution in [0.5, 0.6) is 5.75 Å². The number of benzene rings is 2. The molecule has 1 unspecified atom stereocenters. The minimum atomic E-state index is -0.242. The lowest BCUT2D eigenvalue weighted by Crippen LogP contribution is -2.18. The molecule has 1 atom stereocenters. The van der Waals surface area contributed by atoms with Crippen molar-refractivity contribution in [2.75, 3.05) is 7.11 Å². The largest absolute Gasteiger partial charge is 0.497 e. The molecule has 0 fully saturated rings. The summed E-state index contributed by atoms with van der Waals surface area (Å²) >= 11 is 3.21. The second-order valence-electron chi connectivity index (χ2n) is 4.63.